The fourth-order valence-electron chi connectivity index (χ4n) is 3.41. The standard InChI is InChI=1S/C21H24N4O/c1-2-10-24-15-19(7-9-21(24)26)25-14-18(13-23-25)20-8-6-17(12-22-20)11-16-4-3-5-16/h6-9,12-16H,2-5,10-11H2,1H3. The van der Waals surface area contributed by atoms with Crippen LogP contribution in [0.3, 0.4) is 0 Å². The SMILES string of the molecule is CCCn1cc(-n2cc(-c3ccc(CC4CCC4)cn3)cn2)ccc1=O. The van der Waals surface area contributed by atoms with Crippen molar-refractivity contribution >= 4 is 0 Å². The quantitative estimate of drug-likeness (QED) is 0.680. The molecule has 0 aliphatic heterocycles. The maximum Gasteiger partial charge on any atom is 0.250 e. The Morgan fingerprint density at radius 2 is 2.00 bits per heavy atom. The molecule has 0 amide bonds. The van der Waals surface area contributed by atoms with Crippen LogP contribution in [0.5, 0.6) is 0 Å². The monoisotopic (exact) mass is 348 g/mol. The molecule has 0 bridgehead atoms. The smallest absolute Gasteiger partial charge is 0.250 e. The highest BCUT2D eigenvalue weighted by molar-refractivity contribution is 5.57. The minimum atomic E-state index is 0.0201. The molecule has 5 nitrogen and oxygen atoms in total. The first-order chi connectivity index (χ1) is 12.7. The van der Waals surface area contributed by atoms with Gasteiger partial charge < -0.3 is 4.57 Å². The van der Waals surface area contributed by atoms with E-state index in [1.807, 2.05) is 24.8 Å². The summed E-state index contributed by atoms with van der Waals surface area (Å²) in [4.78, 5) is 16.5. The van der Waals surface area contributed by atoms with Crippen molar-refractivity contribution in [2.45, 2.75) is 45.6 Å². The molecule has 0 unspecified atom stereocenters. The van der Waals surface area contributed by atoms with Crippen LogP contribution in [0.15, 0.2) is 53.8 Å². The lowest BCUT2D eigenvalue weighted by Crippen LogP contribution is -2.19. The molecule has 0 saturated heterocycles. The van der Waals surface area contributed by atoms with Gasteiger partial charge in [0.05, 0.1) is 17.6 Å². The van der Waals surface area contributed by atoms with Crippen molar-refractivity contribution in [3.8, 4) is 16.9 Å². The molecule has 134 valence electrons. The summed E-state index contributed by atoms with van der Waals surface area (Å²) >= 11 is 0. The van der Waals surface area contributed by atoms with Gasteiger partial charge in [-0.1, -0.05) is 32.3 Å². The molecule has 3 heterocycles. The molecule has 0 aromatic carbocycles. The molecule has 26 heavy (non-hydrogen) atoms. The minimum Gasteiger partial charge on any atom is -0.313 e. The van der Waals surface area contributed by atoms with E-state index in [1.165, 1.54) is 24.8 Å². The van der Waals surface area contributed by atoms with Crippen LogP contribution < -0.4 is 5.56 Å². The van der Waals surface area contributed by atoms with Crippen LogP contribution >= 0.6 is 0 Å². The van der Waals surface area contributed by atoms with Crippen molar-refractivity contribution in [1.29, 1.82) is 0 Å². The number of aromatic nitrogens is 4. The van der Waals surface area contributed by atoms with Gasteiger partial charge in [-0.2, -0.15) is 5.10 Å². The van der Waals surface area contributed by atoms with E-state index in [0.717, 1.165) is 35.7 Å². The number of hydrogen-bond acceptors (Lipinski definition) is 3. The van der Waals surface area contributed by atoms with Crippen molar-refractivity contribution in [3.05, 3.63) is 65.0 Å². The number of rotatable bonds is 6. The van der Waals surface area contributed by atoms with Crippen LogP contribution in [0.25, 0.3) is 16.9 Å². The molecular weight excluding hydrogens is 324 g/mol. The third-order valence-corrected chi connectivity index (χ3v) is 5.15. The highest BCUT2D eigenvalue weighted by Gasteiger charge is 2.17. The van der Waals surface area contributed by atoms with Crippen LogP contribution in [0.1, 0.15) is 38.2 Å². The average Bonchev–Trinajstić information content (AvgIpc) is 3.11. The molecular formula is C21H24N4O. The van der Waals surface area contributed by atoms with E-state index in [9.17, 15) is 4.79 Å². The Bertz CT molecular complexity index is 935. The zero-order chi connectivity index (χ0) is 17.9. The first kappa shape index (κ1) is 16.8. The second-order valence-electron chi connectivity index (χ2n) is 7.15. The second kappa shape index (κ2) is 7.28. The summed E-state index contributed by atoms with van der Waals surface area (Å²) in [5.74, 6) is 0.851. The zero-order valence-corrected chi connectivity index (χ0v) is 15.1. The molecule has 0 N–H and O–H groups in total. The Hall–Kier alpha value is -2.69. The van der Waals surface area contributed by atoms with Gasteiger partial charge in [-0.3, -0.25) is 9.78 Å². The molecule has 1 aliphatic carbocycles. The Kier molecular flexibility index (Phi) is 4.69. The highest BCUT2D eigenvalue weighted by Crippen LogP contribution is 2.30. The maximum absolute atomic E-state index is 11.9. The molecule has 1 saturated carbocycles. The van der Waals surface area contributed by atoms with Gasteiger partial charge in [0.25, 0.3) is 5.56 Å². The van der Waals surface area contributed by atoms with Crippen LogP contribution in [-0.2, 0) is 13.0 Å². The summed E-state index contributed by atoms with van der Waals surface area (Å²) < 4.78 is 3.52. The Morgan fingerprint density at radius 3 is 2.69 bits per heavy atom. The van der Waals surface area contributed by atoms with Crippen molar-refractivity contribution in [1.82, 2.24) is 19.3 Å². The van der Waals surface area contributed by atoms with E-state index < -0.39 is 0 Å². The lowest BCUT2D eigenvalue weighted by atomic mass is 9.81. The summed E-state index contributed by atoms with van der Waals surface area (Å²) in [5, 5.41) is 4.45. The van der Waals surface area contributed by atoms with Crippen molar-refractivity contribution in [2.75, 3.05) is 0 Å². The fourth-order valence-corrected chi connectivity index (χ4v) is 3.41. The van der Waals surface area contributed by atoms with Gasteiger partial charge in [-0.05, 0) is 36.5 Å². The second-order valence-corrected chi connectivity index (χ2v) is 7.15. The van der Waals surface area contributed by atoms with E-state index in [4.69, 9.17) is 0 Å². The van der Waals surface area contributed by atoms with E-state index in [0.29, 0.717) is 6.54 Å². The van der Waals surface area contributed by atoms with Crippen molar-refractivity contribution in [3.63, 3.8) is 0 Å². The Labute approximate surface area is 153 Å². The number of pyridine rings is 2. The van der Waals surface area contributed by atoms with E-state index in [1.54, 1.807) is 21.4 Å². The van der Waals surface area contributed by atoms with Gasteiger partial charge in [0.1, 0.15) is 0 Å². The summed E-state index contributed by atoms with van der Waals surface area (Å²) in [6, 6.07) is 7.66. The van der Waals surface area contributed by atoms with Crippen LogP contribution in [-0.4, -0.2) is 19.3 Å². The summed E-state index contributed by atoms with van der Waals surface area (Å²) in [5.41, 5.74) is 4.12. The fraction of sp³-hybridized carbons (Fsp3) is 0.381. The van der Waals surface area contributed by atoms with E-state index in [2.05, 4.69) is 29.1 Å². The van der Waals surface area contributed by atoms with Gasteiger partial charge in [-0.15, -0.1) is 0 Å². The maximum atomic E-state index is 11.9. The third kappa shape index (κ3) is 3.47. The lowest BCUT2D eigenvalue weighted by molar-refractivity contribution is 0.314. The molecule has 4 rings (SSSR count). The van der Waals surface area contributed by atoms with Crippen LogP contribution in [0.2, 0.25) is 0 Å². The first-order valence-electron chi connectivity index (χ1n) is 9.44. The van der Waals surface area contributed by atoms with E-state index >= 15 is 0 Å². The van der Waals surface area contributed by atoms with Gasteiger partial charge in [0.15, 0.2) is 0 Å². The predicted octanol–water partition coefficient (Wildman–Crippen LogP) is 3.85. The normalized spacial score (nSPS) is 14.3. The number of nitrogens with zero attached hydrogens (tertiary/aromatic N) is 4. The summed E-state index contributed by atoms with van der Waals surface area (Å²) in [6.07, 6.45) is 13.8. The van der Waals surface area contributed by atoms with Gasteiger partial charge in [0.2, 0.25) is 0 Å². The van der Waals surface area contributed by atoms with Crippen LogP contribution in [0.4, 0.5) is 0 Å². The molecule has 3 aromatic heterocycles. The number of hydrogen-bond donors (Lipinski definition) is 0. The molecule has 0 atom stereocenters. The molecule has 5 heteroatoms. The highest BCUT2D eigenvalue weighted by atomic mass is 16.1. The Morgan fingerprint density at radius 1 is 1.12 bits per heavy atom. The van der Waals surface area contributed by atoms with Crippen molar-refractivity contribution < 1.29 is 0 Å². The molecule has 0 radical (unpaired) electrons. The van der Waals surface area contributed by atoms with Gasteiger partial charge in [0, 0.05) is 36.8 Å². The summed E-state index contributed by atoms with van der Waals surface area (Å²) in [7, 11) is 0. The van der Waals surface area contributed by atoms with E-state index in [-0.39, 0.29) is 5.56 Å². The minimum absolute atomic E-state index is 0.0201. The predicted molar refractivity (Wildman–Crippen MR) is 102 cm³/mol. The zero-order valence-electron chi connectivity index (χ0n) is 15.1. The van der Waals surface area contributed by atoms with Gasteiger partial charge in [-0.25, -0.2) is 4.68 Å². The topological polar surface area (TPSA) is 52.7 Å². The van der Waals surface area contributed by atoms with Gasteiger partial charge >= 0.3 is 0 Å². The Balaban J connectivity index is 1.54. The summed E-state index contributed by atoms with van der Waals surface area (Å²) in [6.45, 7) is 2.77. The number of aryl methyl sites for hydroxylation is 1. The third-order valence-electron chi connectivity index (χ3n) is 5.15. The molecule has 3 aromatic rings. The first-order valence-corrected chi connectivity index (χ1v) is 9.44. The lowest BCUT2D eigenvalue weighted by Gasteiger charge is -2.25. The van der Waals surface area contributed by atoms with Crippen molar-refractivity contribution in [2.24, 2.45) is 5.92 Å². The largest absolute Gasteiger partial charge is 0.313 e. The van der Waals surface area contributed by atoms with Crippen LogP contribution in [0, 0.1) is 5.92 Å². The molecule has 1 fully saturated rings. The molecule has 0 spiro atoms. The molecule has 1 aliphatic rings. The average molecular weight is 348 g/mol.